The predicted molar refractivity (Wildman–Crippen MR) is 60.3 cm³/mol. The number of rotatable bonds is 5. The molecule has 1 aromatic rings. The van der Waals surface area contributed by atoms with Crippen LogP contribution in [-0.4, -0.2) is 26.6 Å². The molecule has 0 fully saturated rings. The second-order valence-corrected chi connectivity index (χ2v) is 3.91. The summed E-state index contributed by atoms with van der Waals surface area (Å²) in [6, 6.07) is 6.23. The topological polar surface area (TPSA) is 18.5 Å². The van der Waals surface area contributed by atoms with Crippen LogP contribution in [0.15, 0.2) is 23.1 Å². The van der Waals surface area contributed by atoms with Gasteiger partial charge in [-0.15, -0.1) is 11.8 Å². The normalized spacial score (nSPS) is 10.2. The molecule has 3 heteroatoms. The molecule has 14 heavy (non-hydrogen) atoms. The first-order chi connectivity index (χ1) is 6.76. The van der Waals surface area contributed by atoms with Gasteiger partial charge < -0.3 is 9.47 Å². The Balaban J connectivity index is 2.62. The van der Waals surface area contributed by atoms with E-state index < -0.39 is 0 Å². The minimum absolute atomic E-state index is 0.605. The van der Waals surface area contributed by atoms with Gasteiger partial charge in [-0.1, -0.05) is 0 Å². The molecule has 0 saturated heterocycles. The maximum Gasteiger partial charge on any atom is 0.120 e. The number of thioether (sulfide) groups is 1. The van der Waals surface area contributed by atoms with E-state index in [9.17, 15) is 0 Å². The van der Waals surface area contributed by atoms with E-state index in [1.807, 2.05) is 12.1 Å². The van der Waals surface area contributed by atoms with Gasteiger partial charge in [0.05, 0.1) is 6.61 Å². The van der Waals surface area contributed by atoms with Gasteiger partial charge in [0.2, 0.25) is 0 Å². The first kappa shape index (κ1) is 11.4. The van der Waals surface area contributed by atoms with Crippen molar-refractivity contribution >= 4 is 11.8 Å². The molecule has 0 bridgehead atoms. The van der Waals surface area contributed by atoms with Gasteiger partial charge in [0, 0.05) is 12.0 Å². The van der Waals surface area contributed by atoms with Gasteiger partial charge in [-0.05, 0) is 36.9 Å². The van der Waals surface area contributed by atoms with Crippen LogP contribution in [0.5, 0.6) is 5.75 Å². The minimum Gasteiger partial charge on any atom is -0.491 e. The molecule has 1 aromatic carbocycles. The van der Waals surface area contributed by atoms with E-state index in [2.05, 4.69) is 19.2 Å². The third-order valence-electron chi connectivity index (χ3n) is 1.82. The lowest BCUT2D eigenvalue weighted by Gasteiger charge is -2.07. The molecule has 0 spiro atoms. The van der Waals surface area contributed by atoms with Crippen molar-refractivity contribution in [3.63, 3.8) is 0 Å². The first-order valence-electron chi connectivity index (χ1n) is 4.53. The highest BCUT2D eigenvalue weighted by atomic mass is 32.2. The Morgan fingerprint density at radius 3 is 2.64 bits per heavy atom. The third-order valence-corrected chi connectivity index (χ3v) is 2.52. The molecule has 0 aliphatic heterocycles. The standard InChI is InChI=1S/C11H16O2S/c1-9-6-10(13-5-4-12-2)8-11(7-9)14-3/h6-8H,4-5H2,1-3H3. The smallest absolute Gasteiger partial charge is 0.120 e. The lowest BCUT2D eigenvalue weighted by atomic mass is 10.2. The largest absolute Gasteiger partial charge is 0.491 e. The molecule has 2 nitrogen and oxygen atoms in total. The van der Waals surface area contributed by atoms with Crippen LogP contribution in [0.2, 0.25) is 0 Å². The summed E-state index contributed by atoms with van der Waals surface area (Å²) >= 11 is 1.73. The van der Waals surface area contributed by atoms with Gasteiger partial charge in [0.25, 0.3) is 0 Å². The summed E-state index contributed by atoms with van der Waals surface area (Å²) in [5, 5.41) is 0. The molecule has 0 atom stereocenters. The molecular formula is C11H16O2S. The van der Waals surface area contributed by atoms with Crippen LogP contribution in [0.1, 0.15) is 5.56 Å². The first-order valence-corrected chi connectivity index (χ1v) is 5.76. The fourth-order valence-corrected chi connectivity index (χ4v) is 1.70. The Bertz CT molecular complexity index is 287. The lowest BCUT2D eigenvalue weighted by molar-refractivity contribution is 0.146. The SMILES string of the molecule is COCCOc1cc(C)cc(SC)c1. The molecule has 0 aliphatic carbocycles. The van der Waals surface area contributed by atoms with E-state index in [1.165, 1.54) is 10.5 Å². The van der Waals surface area contributed by atoms with Crippen molar-refractivity contribution in [1.29, 1.82) is 0 Å². The molecule has 1 rings (SSSR count). The van der Waals surface area contributed by atoms with Gasteiger partial charge in [-0.3, -0.25) is 0 Å². The summed E-state index contributed by atoms with van der Waals surface area (Å²) in [7, 11) is 1.67. The van der Waals surface area contributed by atoms with Crippen LogP contribution in [-0.2, 0) is 4.74 Å². The number of aryl methyl sites for hydroxylation is 1. The molecular weight excluding hydrogens is 196 g/mol. The van der Waals surface area contributed by atoms with Crippen LogP contribution >= 0.6 is 11.8 Å². The van der Waals surface area contributed by atoms with Crippen LogP contribution in [0.4, 0.5) is 0 Å². The van der Waals surface area contributed by atoms with Crippen molar-refractivity contribution in [3.8, 4) is 5.75 Å². The second-order valence-electron chi connectivity index (χ2n) is 3.03. The molecule has 0 aliphatic rings. The van der Waals surface area contributed by atoms with Crippen LogP contribution in [0.25, 0.3) is 0 Å². The number of hydrogen-bond donors (Lipinski definition) is 0. The Morgan fingerprint density at radius 2 is 2.00 bits per heavy atom. The number of ether oxygens (including phenoxy) is 2. The molecule has 0 saturated carbocycles. The highest BCUT2D eigenvalue weighted by Crippen LogP contribution is 2.23. The highest BCUT2D eigenvalue weighted by molar-refractivity contribution is 7.98. The van der Waals surface area contributed by atoms with E-state index >= 15 is 0 Å². The Labute approximate surface area is 89.6 Å². The van der Waals surface area contributed by atoms with Gasteiger partial charge in [-0.2, -0.15) is 0 Å². The Kier molecular flexibility index (Phi) is 4.84. The van der Waals surface area contributed by atoms with E-state index in [1.54, 1.807) is 18.9 Å². The molecule has 0 aromatic heterocycles. The molecule has 0 radical (unpaired) electrons. The summed E-state index contributed by atoms with van der Waals surface area (Å²) in [4.78, 5) is 1.23. The molecule has 0 amide bonds. The van der Waals surface area contributed by atoms with E-state index in [0.717, 1.165) is 5.75 Å². The second kappa shape index (κ2) is 5.94. The zero-order valence-corrected chi connectivity index (χ0v) is 9.69. The summed E-state index contributed by atoms with van der Waals surface area (Å²) < 4.78 is 10.5. The summed E-state index contributed by atoms with van der Waals surface area (Å²) in [5.41, 5.74) is 1.23. The summed E-state index contributed by atoms with van der Waals surface area (Å²) in [6.07, 6.45) is 2.06. The lowest BCUT2D eigenvalue weighted by Crippen LogP contribution is -2.04. The van der Waals surface area contributed by atoms with Crippen molar-refractivity contribution < 1.29 is 9.47 Å². The number of methoxy groups -OCH3 is 1. The quantitative estimate of drug-likeness (QED) is 0.552. The van der Waals surface area contributed by atoms with Crippen molar-refractivity contribution in [2.75, 3.05) is 26.6 Å². The fourth-order valence-electron chi connectivity index (χ4n) is 1.16. The molecule has 0 unspecified atom stereocenters. The van der Waals surface area contributed by atoms with Gasteiger partial charge in [-0.25, -0.2) is 0 Å². The number of benzene rings is 1. The predicted octanol–water partition coefficient (Wildman–Crippen LogP) is 2.74. The maximum absolute atomic E-state index is 5.53. The average Bonchev–Trinajstić information content (AvgIpc) is 2.17. The maximum atomic E-state index is 5.53. The molecule has 78 valence electrons. The van der Waals surface area contributed by atoms with Gasteiger partial charge in [0.15, 0.2) is 0 Å². The van der Waals surface area contributed by atoms with Gasteiger partial charge >= 0.3 is 0 Å². The Hall–Kier alpha value is -0.670. The van der Waals surface area contributed by atoms with Crippen molar-refractivity contribution in [2.24, 2.45) is 0 Å². The van der Waals surface area contributed by atoms with Crippen molar-refractivity contribution in [3.05, 3.63) is 23.8 Å². The van der Waals surface area contributed by atoms with Crippen molar-refractivity contribution in [1.82, 2.24) is 0 Å². The summed E-state index contributed by atoms with van der Waals surface area (Å²) in [5.74, 6) is 0.923. The zero-order chi connectivity index (χ0) is 10.4. The minimum atomic E-state index is 0.605. The van der Waals surface area contributed by atoms with Crippen molar-refractivity contribution in [2.45, 2.75) is 11.8 Å². The average molecular weight is 212 g/mol. The highest BCUT2D eigenvalue weighted by Gasteiger charge is 1.98. The zero-order valence-electron chi connectivity index (χ0n) is 8.87. The monoisotopic (exact) mass is 212 g/mol. The van der Waals surface area contributed by atoms with Crippen LogP contribution in [0.3, 0.4) is 0 Å². The third kappa shape index (κ3) is 3.60. The molecule has 0 heterocycles. The summed E-state index contributed by atoms with van der Waals surface area (Å²) in [6.45, 7) is 3.30. The fraction of sp³-hybridized carbons (Fsp3) is 0.455. The van der Waals surface area contributed by atoms with Crippen LogP contribution in [0, 0.1) is 6.92 Å². The molecule has 0 N–H and O–H groups in total. The van der Waals surface area contributed by atoms with E-state index in [0.29, 0.717) is 13.2 Å². The number of hydrogen-bond acceptors (Lipinski definition) is 3. The Morgan fingerprint density at radius 1 is 1.21 bits per heavy atom. The van der Waals surface area contributed by atoms with E-state index in [4.69, 9.17) is 9.47 Å². The van der Waals surface area contributed by atoms with Gasteiger partial charge in [0.1, 0.15) is 12.4 Å². The van der Waals surface area contributed by atoms with Crippen LogP contribution < -0.4 is 4.74 Å². The van der Waals surface area contributed by atoms with E-state index in [-0.39, 0.29) is 0 Å².